The molecule has 0 saturated carbocycles. The van der Waals surface area contributed by atoms with E-state index in [0.29, 0.717) is 12.3 Å². The Balaban J connectivity index is 1.87. The van der Waals surface area contributed by atoms with Crippen molar-refractivity contribution in [2.45, 2.75) is 17.6 Å². The van der Waals surface area contributed by atoms with Crippen LogP contribution in [0.25, 0.3) is 0 Å². The van der Waals surface area contributed by atoms with Gasteiger partial charge in [0.25, 0.3) is 5.22 Å². The molecule has 2 heterocycles. The van der Waals surface area contributed by atoms with E-state index in [2.05, 4.69) is 21.4 Å². The van der Waals surface area contributed by atoms with Gasteiger partial charge in [0.05, 0.1) is 29.7 Å². The van der Waals surface area contributed by atoms with Crippen LogP contribution in [0.15, 0.2) is 9.64 Å². The van der Waals surface area contributed by atoms with Crippen molar-refractivity contribution in [1.82, 2.24) is 15.5 Å². The van der Waals surface area contributed by atoms with Crippen LogP contribution in [0.2, 0.25) is 0 Å². The van der Waals surface area contributed by atoms with Gasteiger partial charge in [-0.05, 0) is 6.42 Å². The second-order valence-corrected chi connectivity index (χ2v) is 7.43. The average Bonchev–Trinajstić information content (AvgIpc) is 3.00. The van der Waals surface area contributed by atoms with E-state index in [-0.39, 0.29) is 40.9 Å². The van der Waals surface area contributed by atoms with E-state index in [1.807, 2.05) is 0 Å². The van der Waals surface area contributed by atoms with Gasteiger partial charge in [0.15, 0.2) is 9.84 Å². The maximum atomic E-state index is 11.4. The van der Waals surface area contributed by atoms with E-state index in [9.17, 15) is 13.2 Å². The first-order chi connectivity index (χ1) is 9.50. The third-order valence-corrected chi connectivity index (χ3v) is 5.30. The molecule has 7 nitrogen and oxygen atoms in total. The summed E-state index contributed by atoms with van der Waals surface area (Å²) in [4.78, 5) is 11.3. The molecule has 1 aliphatic rings. The smallest absolute Gasteiger partial charge is 0.277 e. The molecule has 2 rings (SSSR count). The van der Waals surface area contributed by atoms with Gasteiger partial charge < -0.3 is 9.73 Å². The van der Waals surface area contributed by atoms with Gasteiger partial charge in [0, 0.05) is 0 Å². The second kappa shape index (κ2) is 6.28. The lowest BCUT2D eigenvalue weighted by atomic mass is 10.1. The van der Waals surface area contributed by atoms with Crippen molar-refractivity contribution in [1.29, 1.82) is 0 Å². The maximum absolute atomic E-state index is 11.4. The molecule has 1 aromatic rings. The fourth-order valence-electron chi connectivity index (χ4n) is 1.76. The first-order valence-electron chi connectivity index (χ1n) is 5.87. The molecule has 9 heteroatoms. The van der Waals surface area contributed by atoms with E-state index < -0.39 is 9.84 Å². The van der Waals surface area contributed by atoms with Crippen LogP contribution in [0.3, 0.4) is 0 Å². The molecule has 1 amide bonds. The van der Waals surface area contributed by atoms with E-state index in [4.69, 9.17) is 10.8 Å². The molecule has 0 radical (unpaired) electrons. The number of hydrogen-bond acceptors (Lipinski definition) is 7. The minimum atomic E-state index is -2.99. The minimum Gasteiger partial charge on any atom is -0.416 e. The highest BCUT2D eigenvalue weighted by Crippen LogP contribution is 2.29. The van der Waals surface area contributed by atoms with Crippen LogP contribution >= 0.6 is 11.8 Å². The molecule has 0 bridgehead atoms. The van der Waals surface area contributed by atoms with Gasteiger partial charge in [-0.1, -0.05) is 17.7 Å². The predicted octanol–water partition coefficient (Wildman–Crippen LogP) is -0.187. The zero-order chi connectivity index (χ0) is 14.6. The Morgan fingerprint density at radius 1 is 1.55 bits per heavy atom. The molecule has 0 aromatic carbocycles. The monoisotopic (exact) mass is 315 g/mol. The first-order valence-corrected chi connectivity index (χ1v) is 8.67. The van der Waals surface area contributed by atoms with Crippen LogP contribution in [-0.4, -0.2) is 48.3 Å². The summed E-state index contributed by atoms with van der Waals surface area (Å²) in [6.07, 6.45) is 5.51. The molecule has 108 valence electrons. The Morgan fingerprint density at radius 2 is 2.35 bits per heavy atom. The number of sulfone groups is 1. The molecule has 1 fully saturated rings. The van der Waals surface area contributed by atoms with Crippen LogP contribution in [-0.2, 0) is 14.6 Å². The summed E-state index contributed by atoms with van der Waals surface area (Å²) < 4.78 is 28.1. The van der Waals surface area contributed by atoms with E-state index in [0.717, 1.165) is 11.8 Å². The predicted molar refractivity (Wildman–Crippen MR) is 72.9 cm³/mol. The zero-order valence-corrected chi connectivity index (χ0v) is 12.2. The Morgan fingerprint density at radius 3 is 3.00 bits per heavy atom. The van der Waals surface area contributed by atoms with E-state index >= 15 is 0 Å². The summed E-state index contributed by atoms with van der Waals surface area (Å²) in [5.74, 6) is 2.46. The number of thioether (sulfide) groups is 1. The maximum Gasteiger partial charge on any atom is 0.277 e. The third kappa shape index (κ3) is 3.98. The number of carbonyl (C=O) groups is 1. The Labute approximate surface area is 120 Å². The zero-order valence-electron chi connectivity index (χ0n) is 10.5. The van der Waals surface area contributed by atoms with Crippen molar-refractivity contribution in [2.75, 3.05) is 23.8 Å². The van der Waals surface area contributed by atoms with Crippen molar-refractivity contribution < 1.29 is 17.6 Å². The summed E-state index contributed by atoms with van der Waals surface area (Å²) in [6, 6.07) is 0. The van der Waals surface area contributed by atoms with Crippen molar-refractivity contribution in [3.05, 3.63) is 5.89 Å². The van der Waals surface area contributed by atoms with Gasteiger partial charge in [-0.15, -0.1) is 16.6 Å². The third-order valence-electron chi connectivity index (χ3n) is 2.72. The highest BCUT2D eigenvalue weighted by Gasteiger charge is 2.32. The molecule has 1 saturated heterocycles. The second-order valence-electron chi connectivity index (χ2n) is 4.28. The summed E-state index contributed by atoms with van der Waals surface area (Å²) in [5, 5.41) is 10.4. The number of aromatic nitrogens is 2. The molecule has 1 aliphatic heterocycles. The largest absolute Gasteiger partial charge is 0.416 e. The van der Waals surface area contributed by atoms with Crippen LogP contribution in [0.4, 0.5) is 0 Å². The summed E-state index contributed by atoms with van der Waals surface area (Å²) >= 11 is 1.09. The average molecular weight is 315 g/mol. The van der Waals surface area contributed by atoms with Gasteiger partial charge in [0.2, 0.25) is 11.8 Å². The highest BCUT2D eigenvalue weighted by atomic mass is 32.2. The van der Waals surface area contributed by atoms with Crippen LogP contribution < -0.4 is 5.32 Å². The number of nitrogens with zero attached hydrogens (tertiary/aromatic N) is 2. The van der Waals surface area contributed by atoms with Crippen molar-refractivity contribution in [3.8, 4) is 12.3 Å². The molecule has 20 heavy (non-hydrogen) atoms. The SMILES string of the molecule is C#CCNC(=O)CSc1nnc([C@@H]2CCS(=O)(=O)C2)o1. The molecular weight excluding hydrogens is 302 g/mol. The quantitative estimate of drug-likeness (QED) is 0.593. The standard InChI is InChI=1S/C11H13N3O4S2/c1-2-4-12-9(15)6-19-11-14-13-10(18-11)8-3-5-20(16,17)7-8/h1,8H,3-7H2,(H,12,15)/t8-/m1/s1. The first kappa shape index (κ1) is 14.9. The minimum absolute atomic E-state index is 0.0436. The molecule has 0 spiro atoms. The van der Waals surface area contributed by atoms with Crippen LogP contribution in [0.5, 0.6) is 0 Å². The fourth-order valence-corrected chi connectivity index (χ4v) is 4.09. The Bertz CT molecular complexity index is 632. The van der Waals surface area contributed by atoms with Gasteiger partial charge in [-0.2, -0.15) is 0 Å². The lowest BCUT2D eigenvalue weighted by molar-refractivity contribution is -0.118. The number of amides is 1. The number of carbonyl (C=O) groups excluding carboxylic acids is 1. The molecule has 1 N–H and O–H groups in total. The van der Waals surface area contributed by atoms with Gasteiger partial charge in [-0.3, -0.25) is 4.79 Å². The lowest BCUT2D eigenvalue weighted by Crippen LogP contribution is -2.25. The normalized spacial score (nSPS) is 20.4. The molecular formula is C11H13N3O4S2. The topological polar surface area (TPSA) is 102 Å². The summed E-state index contributed by atoms with van der Waals surface area (Å²) in [5.41, 5.74) is 0. The number of nitrogens with one attached hydrogen (secondary N) is 1. The van der Waals surface area contributed by atoms with Gasteiger partial charge >= 0.3 is 0 Å². The number of rotatable bonds is 5. The van der Waals surface area contributed by atoms with Crippen molar-refractivity contribution in [2.24, 2.45) is 0 Å². The fraction of sp³-hybridized carbons (Fsp3) is 0.545. The summed E-state index contributed by atoms with van der Waals surface area (Å²) in [6.45, 7) is 0.175. The van der Waals surface area contributed by atoms with Crippen molar-refractivity contribution >= 4 is 27.5 Å². The summed E-state index contributed by atoms with van der Waals surface area (Å²) in [7, 11) is -2.99. The Hall–Kier alpha value is -1.53. The number of hydrogen-bond donors (Lipinski definition) is 1. The molecule has 1 aromatic heterocycles. The van der Waals surface area contributed by atoms with Crippen LogP contribution in [0.1, 0.15) is 18.2 Å². The lowest BCUT2D eigenvalue weighted by Gasteiger charge is -1.99. The van der Waals surface area contributed by atoms with Crippen molar-refractivity contribution in [3.63, 3.8) is 0 Å². The van der Waals surface area contributed by atoms with E-state index in [1.54, 1.807) is 0 Å². The van der Waals surface area contributed by atoms with Gasteiger partial charge in [-0.25, -0.2) is 8.42 Å². The Kier molecular flexibility index (Phi) is 4.67. The van der Waals surface area contributed by atoms with E-state index in [1.165, 1.54) is 0 Å². The number of terminal acetylenes is 1. The van der Waals surface area contributed by atoms with Crippen LogP contribution in [0, 0.1) is 12.3 Å². The molecule has 0 aliphatic carbocycles. The molecule has 0 unspecified atom stereocenters. The van der Waals surface area contributed by atoms with Gasteiger partial charge in [0.1, 0.15) is 0 Å². The molecule has 1 atom stereocenters. The highest BCUT2D eigenvalue weighted by molar-refractivity contribution is 7.99.